The van der Waals surface area contributed by atoms with E-state index in [2.05, 4.69) is 34.7 Å². The predicted molar refractivity (Wildman–Crippen MR) is 96.1 cm³/mol. The van der Waals surface area contributed by atoms with E-state index < -0.39 is 0 Å². The van der Waals surface area contributed by atoms with Crippen molar-refractivity contribution in [3.05, 3.63) is 35.5 Å². The zero-order valence-electron chi connectivity index (χ0n) is 14.3. The third kappa shape index (κ3) is 3.73. The number of carbonyl (C=O) groups is 1. The molecule has 1 saturated carbocycles. The lowest BCUT2D eigenvalue weighted by Gasteiger charge is -2.30. The predicted octanol–water partition coefficient (Wildman–Crippen LogP) is 2.87. The number of aryl methyl sites for hydroxylation is 1. The maximum absolute atomic E-state index is 12.1. The Morgan fingerprint density at radius 2 is 2.08 bits per heavy atom. The van der Waals surface area contributed by atoms with Crippen LogP contribution in [0.15, 0.2) is 24.3 Å². The highest BCUT2D eigenvalue weighted by atomic mass is 16.3. The van der Waals surface area contributed by atoms with Crippen LogP contribution in [-0.2, 0) is 6.42 Å². The van der Waals surface area contributed by atoms with Crippen LogP contribution in [0.5, 0.6) is 0 Å². The molecule has 2 atom stereocenters. The van der Waals surface area contributed by atoms with E-state index in [1.54, 1.807) is 0 Å². The number of aliphatic hydroxyl groups excluding tert-OH is 1. The Morgan fingerprint density at radius 1 is 1.29 bits per heavy atom. The van der Waals surface area contributed by atoms with Gasteiger partial charge in [0.25, 0.3) is 0 Å². The van der Waals surface area contributed by atoms with Gasteiger partial charge in [-0.15, -0.1) is 0 Å². The zero-order chi connectivity index (χ0) is 16.9. The van der Waals surface area contributed by atoms with Crippen molar-refractivity contribution in [2.24, 2.45) is 5.92 Å². The molecule has 0 saturated heterocycles. The molecule has 5 heteroatoms. The van der Waals surface area contributed by atoms with Crippen molar-refractivity contribution in [1.82, 2.24) is 15.6 Å². The monoisotopic (exact) mass is 329 g/mol. The number of benzene rings is 1. The average Bonchev–Trinajstić information content (AvgIpc) is 2.91. The summed E-state index contributed by atoms with van der Waals surface area (Å²) in [6, 6.07) is 8.22. The van der Waals surface area contributed by atoms with Gasteiger partial charge in [-0.25, -0.2) is 4.79 Å². The standard InChI is InChI=1S/C19H27N3O2/c1-13-15(16-7-3-5-9-18(16)21-13)10-11-20-19(24)22-17-8-4-2-6-14(17)12-23/h3,5,7,9,14,17,21,23H,2,4,6,8,10-12H2,1H3,(H2,20,22,24). The van der Waals surface area contributed by atoms with Gasteiger partial charge in [0.05, 0.1) is 0 Å². The number of hydrogen-bond donors (Lipinski definition) is 4. The van der Waals surface area contributed by atoms with E-state index in [1.807, 2.05) is 12.1 Å². The number of amides is 2. The van der Waals surface area contributed by atoms with Crippen LogP contribution in [0.2, 0.25) is 0 Å². The molecule has 1 aromatic carbocycles. The Labute approximate surface area is 142 Å². The first-order valence-electron chi connectivity index (χ1n) is 8.90. The fourth-order valence-corrected chi connectivity index (χ4v) is 3.79. The van der Waals surface area contributed by atoms with Crippen LogP contribution in [0.3, 0.4) is 0 Å². The van der Waals surface area contributed by atoms with Gasteiger partial charge in [0.15, 0.2) is 0 Å². The molecule has 0 spiro atoms. The van der Waals surface area contributed by atoms with Crippen LogP contribution in [0.1, 0.15) is 36.9 Å². The molecular weight excluding hydrogens is 302 g/mol. The normalized spacial score (nSPS) is 20.9. The molecule has 0 radical (unpaired) electrons. The Hall–Kier alpha value is -2.01. The topological polar surface area (TPSA) is 77.2 Å². The Balaban J connectivity index is 1.52. The second kappa shape index (κ2) is 7.71. The summed E-state index contributed by atoms with van der Waals surface area (Å²) >= 11 is 0. The van der Waals surface area contributed by atoms with Gasteiger partial charge in [-0.1, -0.05) is 31.0 Å². The second-order valence-electron chi connectivity index (χ2n) is 6.76. The van der Waals surface area contributed by atoms with E-state index in [0.717, 1.165) is 43.3 Å². The number of carbonyl (C=O) groups excluding carboxylic acids is 1. The first-order chi connectivity index (χ1) is 11.7. The minimum atomic E-state index is -0.127. The first-order valence-corrected chi connectivity index (χ1v) is 8.90. The number of urea groups is 1. The lowest BCUT2D eigenvalue weighted by atomic mass is 9.85. The molecule has 2 aromatic rings. The van der Waals surface area contributed by atoms with Crippen molar-refractivity contribution in [3.63, 3.8) is 0 Å². The molecule has 1 aromatic heterocycles. The van der Waals surface area contributed by atoms with E-state index in [9.17, 15) is 9.90 Å². The largest absolute Gasteiger partial charge is 0.396 e. The minimum Gasteiger partial charge on any atom is -0.396 e. The summed E-state index contributed by atoms with van der Waals surface area (Å²) in [5.41, 5.74) is 3.56. The molecule has 2 amide bonds. The molecular formula is C19H27N3O2. The molecule has 0 bridgehead atoms. The summed E-state index contributed by atoms with van der Waals surface area (Å²) < 4.78 is 0. The van der Waals surface area contributed by atoms with Crippen LogP contribution in [0, 0.1) is 12.8 Å². The summed E-state index contributed by atoms with van der Waals surface area (Å²) in [7, 11) is 0. The molecule has 0 aliphatic heterocycles. The fourth-order valence-electron chi connectivity index (χ4n) is 3.79. The van der Waals surface area contributed by atoms with Crippen molar-refractivity contribution >= 4 is 16.9 Å². The molecule has 4 N–H and O–H groups in total. The molecule has 1 aliphatic carbocycles. The van der Waals surface area contributed by atoms with Crippen molar-refractivity contribution in [2.75, 3.05) is 13.2 Å². The van der Waals surface area contributed by atoms with E-state index in [0.29, 0.717) is 6.54 Å². The number of rotatable bonds is 5. The zero-order valence-corrected chi connectivity index (χ0v) is 14.3. The van der Waals surface area contributed by atoms with E-state index >= 15 is 0 Å². The number of H-pyrrole nitrogens is 1. The number of nitrogens with one attached hydrogen (secondary N) is 3. The van der Waals surface area contributed by atoms with Crippen LogP contribution < -0.4 is 10.6 Å². The molecule has 130 valence electrons. The van der Waals surface area contributed by atoms with Gasteiger partial charge in [-0.05, 0) is 37.8 Å². The van der Waals surface area contributed by atoms with Crippen LogP contribution in [0.25, 0.3) is 10.9 Å². The lowest BCUT2D eigenvalue weighted by Crippen LogP contribution is -2.48. The van der Waals surface area contributed by atoms with Crippen LogP contribution in [-0.4, -0.2) is 35.3 Å². The van der Waals surface area contributed by atoms with Crippen molar-refractivity contribution < 1.29 is 9.90 Å². The number of aromatic nitrogens is 1. The number of para-hydroxylation sites is 1. The Kier molecular flexibility index (Phi) is 5.41. The highest BCUT2D eigenvalue weighted by Crippen LogP contribution is 2.24. The van der Waals surface area contributed by atoms with Gasteiger partial charge < -0.3 is 20.7 Å². The number of hydrogen-bond acceptors (Lipinski definition) is 2. The molecule has 2 unspecified atom stereocenters. The van der Waals surface area contributed by atoms with Gasteiger partial charge in [0.2, 0.25) is 0 Å². The van der Waals surface area contributed by atoms with E-state index in [-0.39, 0.29) is 24.6 Å². The summed E-state index contributed by atoms with van der Waals surface area (Å²) in [5, 5.41) is 16.7. The molecule has 1 aliphatic rings. The van der Waals surface area contributed by atoms with Crippen LogP contribution in [0.4, 0.5) is 4.79 Å². The summed E-state index contributed by atoms with van der Waals surface area (Å²) in [4.78, 5) is 15.5. The molecule has 1 heterocycles. The van der Waals surface area contributed by atoms with Crippen LogP contribution >= 0.6 is 0 Å². The van der Waals surface area contributed by atoms with Gasteiger partial charge in [0.1, 0.15) is 0 Å². The maximum atomic E-state index is 12.1. The van der Waals surface area contributed by atoms with Gasteiger partial charge >= 0.3 is 6.03 Å². The molecule has 5 nitrogen and oxygen atoms in total. The highest BCUT2D eigenvalue weighted by molar-refractivity contribution is 5.84. The number of aliphatic hydroxyl groups is 1. The third-order valence-corrected chi connectivity index (χ3v) is 5.15. The van der Waals surface area contributed by atoms with E-state index in [4.69, 9.17) is 0 Å². The average molecular weight is 329 g/mol. The second-order valence-corrected chi connectivity index (χ2v) is 6.76. The smallest absolute Gasteiger partial charge is 0.315 e. The lowest BCUT2D eigenvalue weighted by molar-refractivity contribution is 0.154. The first kappa shape index (κ1) is 16.8. The number of aromatic amines is 1. The SMILES string of the molecule is Cc1[nH]c2ccccc2c1CCNC(=O)NC1CCCCC1CO. The van der Waals surface area contributed by atoms with Crippen molar-refractivity contribution in [1.29, 1.82) is 0 Å². The summed E-state index contributed by atoms with van der Waals surface area (Å²) in [5.74, 6) is 0.195. The molecule has 3 rings (SSSR count). The highest BCUT2D eigenvalue weighted by Gasteiger charge is 2.25. The van der Waals surface area contributed by atoms with E-state index in [1.165, 1.54) is 10.9 Å². The van der Waals surface area contributed by atoms with Gasteiger partial charge in [-0.3, -0.25) is 0 Å². The fraction of sp³-hybridized carbons (Fsp3) is 0.526. The number of fused-ring (bicyclic) bond motifs is 1. The Bertz CT molecular complexity index is 695. The Morgan fingerprint density at radius 3 is 2.92 bits per heavy atom. The quantitative estimate of drug-likeness (QED) is 0.681. The summed E-state index contributed by atoms with van der Waals surface area (Å²) in [6.07, 6.45) is 5.02. The van der Waals surface area contributed by atoms with Crippen molar-refractivity contribution in [3.8, 4) is 0 Å². The summed E-state index contributed by atoms with van der Waals surface area (Å²) in [6.45, 7) is 2.83. The van der Waals surface area contributed by atoms with Gasteiger partial charge in [-0.2, -0.15) is 0 Å². The molecule has 1 fully saturated rings. The minimum absolute atomic E-state index is 0.0959. The maximum Gasteiger partial charge on any atom is 0.315 e. The van der Waals surface area contributed by atoms with Gasteiger partial charge in [0, 0.05) is 41.7 Å². The molecule has 24 heavy (non-hydrogen) atoms. The third-order valence-electron chi connectivity index (χ3n) is 5.15. The van der Waals surface area contributed by atoms with Crippen molar-refractivity contribution in [2.45, 2.75) is 45.1 Å².